The number of benzene rings is 2. The Morgan fingerprint density at radius 2 is 1.82 bits per heavy atom. The molecule has 0 aromatic heterocycles. The van der Waals surface area contributed by atoms with Crippen LogP contribution in [-0.4, -0.2) is 24.8 Å². The molecule has 0 bridgehead atoms. The van der Waals surface area contributed by atoms with E-state index in [9.17, 15) is 4.79 Å². The number of ether oxygens (including phenoxy) is 1. The highest BCUT2D eigenvalue weighted by Gasteiger charge is 2.03. The molecule has 0 aliphatic heterocycles. The van der Waals surface area contributed by atoms with E-state index in [-0.39, 0.29) is 5.91 Å². The molecule has 0 fully saturated rings. The maximum Gasteiger partial charge on any atom is 0.230 e. The summed E-state index contributed by atoms with van der Waals surface area (Å²) in [5.74, 6) is 1.32. The Morgan fingerprint density at radius 3 is 2.55 bits per heavy atom. The lowest BCUT2D eigenvalue weighted by Gasteiger charge is -2.09. The van der Waals surface area contributed by atoms with Crippen LogP contribution in [0.15, 0.2) is 53.4 Å². The van der Waals surface area contributed by atoms with Crippen molar-refractivity contribution in [2.24, 2.45) is 0 Å². The Kier molecular flexibility index (Phi) is 6.34. The van der Waals surface area contributed by atoms with Crippen molar-refractivity contribution in [1.29, 1.82) is 0 Å². The van der Waals surface area contributed by atoms with Crippen molar-refractivity contribution in [2.75, 3.05) is 18.9 Å². The smallest absolute Gasteiger partial charge is 0.230 e. The molecule has 2 aromatic rings. The van der Waals surface area contributed by atoms with Crippen molar-refractivity contribution >= 4 is 17.7 Å². The summed E-state index contributed by atoms with van der Waals surface area (Å²) in [5, 5.41) is 2.87. The van der Waals surface area contributed by atoms with Gasteiger partial charge in [0, 0.05) is 4.90 Å². The first-order valence-electron chi connectivity index (χ1n) is 7.30. The van der Waals surface area contributed by atoms with Gasteiger partial charge in [-0.25, -0.2) is 0 Å². The Hall–Kier alpha value is -1.94. The summed E-state index contributed by atoms with van der Waals surface area (Å²) in [6.07, 6.45) is 0. The average Bonchev–Trinajstić information content (AvgIpc) is 2.52. The molecule has 2 rings (SSSR count). The molecule has 1 N–H and O–H groups in total. The van der Waals surface area contributed by atoms with Crippen molar-refractivity contribution in [3.63, 3.8) is 0 Å². The van der Waals surface area contributed by atoms with E-state index in [1.807, 2.05) is 43.3 Å². The van der Waals surface area contributed by atoms with E-state index in [1.165, 1.54) is 5.56 Å². The fraction of sp³-hybridized carbons (Fsp3) is 0.278. The number of rotatable bonds is 7. The predicted octanol–water partition coefficient (Wildman–Crippen LogP) is 3.59. The lowest BCUT2D eigenvalue weighted by Crippen LogP contribution is -2.29. The van der Waals surface area contributed by atoms with Crippen molar-refractivity contribution in [2.45, 2.75) is 18.7 Å². The Balaban J connectivity index is 1.64. The number of thioether (sulfide) groups is 1. The van der Waals surface area contributed by atoms with Crippen molar-refractivity contribution in [3.05, 3.63) is 59.7 Å². The summed E-state index contributed by atoms with van der Waals surface area (Å²) >= 11 is 1.54. The summed E-state index contributed by atoms with van der Waals surface area (Å²) < 4.78 is 5.64. The zero-order chi connectivity index (χ0) is 15.8. The molecule has 0 saturated carbocycles. The molecule has 22 heavy (non-hydrogen) atoms. The zero-order valence-corrected chi connectivity index (χ0v) is 13.8. The number of nitrogens with one attached hydrogen (secondary N) is 1. The highest BCUT2D eigenvalue weighted by Crippen LogP contribution is 2.18. The summed E-state index contributed by atoms with van der Waals surface area (Å²) in [6.45, 7) is 5.05. The molecular formula is C18H21NO2S. The van der Waals surface area contributed by atoms with Crippen LogP contribution in [-0.2, 0) is 4.79 Å². The van der Waals surface area contributed by atoms with E-state index in [2.05, 4.69) is 24.4 Å². The molecule has 4 heteroatoms. The van der Waals surface area contributed by atoms with Gasteiger partial charge in [-0.3, -0.25) is 4.79 Å². The van der Waals surface area contributed by atoms with Crippen molar-refractivity contribution < 1.29 is 9.53 Å². The Labute approximate surface area is 136 Å². The van der Waals surface area contributed by atoms with Crippen LogP contribution >= 0.6 is 11.8 Å². The van der Waals surface area contributed by atoms with Gasteiger partial charge in [-0.15, -0.1) is 11.8 Å². The van der Waals surface area contributed by atoms with E-state index in [0.29, 0.717) is 18.9 Å². The summed E-state index contributed by atoms with van der Waals surface area (Å²) in [4.78, 5) is 12.9. The molecular weight excluding hydrogens is 294 g/mol. The second kappa shape index (κ2) is 8.49. The van der Waals surface area contributed by atoms with Gasteiger partial charge in [-0.2, -0.15) is 0 Å². The number of para-hydroxylation sites is 1. The molecule has 0 spiro atoms. The van der Waals surface area contributed by atoms with Crippen LogP contribution in [0.1, 0.15) is 11.1 Å². The standard InChI is InChI=1S/C18H21NO2S/c1-14-7-9-16(10-8-14)22-13-18(20)19-11-12-21-17-6-4-3-5-15(17)2/h3-10H,11-13H2,1-2H3,(H,19,20). The lowest BCUT2D eigenvalue weighted by molar-refractivity contribution is -0.118. The minimum Gasteiger partial charge on any atom is -0.491 e. The SMILES string of the molecule is Cc1ccc(SCC(=O)NCCOc2ccccc2C)cc1. The monoisotopic (exact) mass is 315 g/mol. The normalized spacial score (nSPS) is 10.3. The third kappa shape index (κ3) is 5.45. The zero-order valence-electron chi connectivity index (χ0n) is 13.0. The van der Waals surface area contributed by atoms with Gasteiger partial charge in [0.2, 0.25) is 5.91 Å². The van der Waals surface area contributed by atoms with Crippen molar-refractivity contribution in [3.8, 4) is 5.75 Å². The molecule has 3 nitrogen and oxygen atoms in total. The molecule has 2 aromatic carbocycles. The van der Waals surface area contributed by atoms with Gasteiger partial charge in [0.05, 0.1) is 12.3 Å². The minimum atomic E-state index is 0.0268. The van der Waals surface area contributed by atoms with Crippen LogP contribution in [0, 0.1) is 13.8 Å². The van der Waals surface area contributed by atoms with E-state index in [4.69, 9.17) is 4.74 Å². The number of hydrogen-bond donors (Lipinski definition) is 1. The number of amides is 1. The van der Waals surface area contributed by atoms with Gasteiger partial charge in [0.1, 0.15) is 12.4 Å². The molecule has 1 amide bonds. The fourth-order valence-electron chi connectivity index (χ4n) is 1.90. The Morgan fingerprint density at radius 1 is 1.09 bits per heavy atom. The highest BCUT2D eigenvalue weighted by atomic mass is 32.2. The summed E-state index contributed by atoms with van der Waals surface area (Å²) in [5.41, 5.74) is 2.32. The second-order valence-electron chi connectivity index (χ2n) is 5.07. The molecule has 0 saturated heterocycles. The van der Waals surface area contributed by atoms with E-state index < -0.39 is 0 Å². The quantitative estimate of drug-likeness (QED) is 0.627. The number of carbonyl (C=O) groups excluding carboxylic acids is 1. The third-order valence-corrected chi connectivity index (χ3v) is 4.18. The third-order valence-electron chi connectivity index (χ3n) is 3.17. The van der Waals surface area contributed by atoms with Gasteiger partial charge in [0.25, 0.3) is 0 Å². The van der Waals surface area contributed by atoms with Crippen LogP contribution in [0.25, 0.3) is 0 Å². The van der Waals surface area contributed by atoms with Gasteiger partial charge in [-0.05, 0) is 37.6 Å². The Bertz CT molecular complexity index is 611. The van der Waals surface area contributed by atoms with Crippen molar-refractivity contribution in [1.82, 2.24) is 5.32 Å². The average molecular weight is 315 g/mol. The fourth-order valence-corrected chi connectivity index (χ4v) is 2.63. The van der Waals surface area contributed by atoms with Gasteiger partial charge in [0.15, 0.2) is 0 Å². The largest absolute Gasteiger partial charge is 0.491 e. The molecule has 0 unspecified atom stereocenters. The number of carbonyl (C=O) groups is 1. The van der Waals surface area contributed by atoms with E-state index in [1.54, 1.807) is 11.8 Å². The maximum absolute atomic E-state index is 11.8. The van der Waals surface area contributed by atoms with Crippen LogP contribution in [0.3, 0.4) is 0 Å². The lowest BCUT2D eigenvalue weighted by atomic mass is 10.2. The first-order valence-corrected chi connectivity index (χ1v) is 8.28. The van der Waals surface area contributed by atoms with Gasteiger partial charge < -0.3 is 10.1 Å². The van der Waals surface area contributed by atoms with Gasteiger partial charge >= 0.3 is 0 Å². The highest BCUT2D eigenvalue weighted by molar-refractivity contribution is 8.00. The number of hydrogen-bond acceptors (Lipinski definition) is 3. The first kappa shape index (κ1) is 16.4. The molecule has 0 aliphatic carbocycles. The van der Waals surface area contributed by atoms with Crippen LogP contribution in [0.5, 0.6) is 5.75 Å². The maximum atomic E-state index is 11.8. The van der Waals surface area contributed by atoms with Crippen LogP contribution in [0.4, 0.5) is 0 Å². The summed E-state index contributed by atoms with van der Waals surface area (Å²) in [6, 6.07) is 16.0. The second-order valence-corrected chi connectivity index (χ2v) is 6.11. The van der Waals surface area contributed by atoms with E-state index in [0.717, 1.165) is 16.2 Å². The van der Waals surface area contributed by atoms with Crippen LogP contribution in [0.2, 0.25) is 0 Å². The van der Waals surface area contributed by atoms with Gasteiger partial charge in [-0.1, -0.05) is 35.9 Å². The topological polar surface area (TPSA) is 38.3 Å². The predicted molar refractivity (Wildman–Crippen MR) is 91.6 cm³/mol. The minimum absolute atomic E-state index is 0.0268. The molecule has 0 atom stereocenters. The molecule has 0 heterocycles. The first-order chi connectivity index (χ1) is 10.6. The van der Waals surface area contributed by atoms with E-state index >= 15 is 0 Å². The molecule has 116 valence electrons. The van der Waals surface area contributed by atoms with Crippen LogP contribution < -0.4 is 10.1 Å². The summed E-state index contributed by atoms with van der Waals surface area (Å²) in [7, 11) is 0. The number of aryl methyl sites for hydroxylation is 2. The molecule has 0 radical (unpaired) electrons. The molecule has 0 aliphatic rings.